The number of carbonyl (C=O) groups is 2. The minimum absolute atomic E-state index is 0.00999. The van der Waals surface area contributed by atoms with Gasteiger partial charge in [0, 0.05) is 38.2 Å². The van der Waals surface area contributed by atoms with Crippen molar-refractivity contribution in [2.75, 3.05) is 26.8 Å². The number of benzene rings is 2. The molecule has 0 saturated carbocycles. The number of esters is 1. The van der Waals surface area contributed by atoms with Gasteiger partial charge in [-0.05, 0) is 58.4 Å². The molecule has 1 atom stereocenters. The lowest BCUT2D eigenvalue weighted by atomic mass is 9.98. The zero-order chi connectivity index (χ0) is 24.7. The molecule has 0 aliphatic carbocycles. The van der Waals surface area contributed by atoms with Crippen LogP contribution in [0.1, 0.15) is 60.4 Å². The molecule has 0 aromatic heterocycles. The van der Waals surface area contributed by atoms with Crippen molar-refractivity contribution in [3.8, 4) is 17.2 Å². The largest absolute Gasteiger partial charge is 0.484 e. The summed E-state index contributed by atoms with van der Waals surface area (Å²) in [6.07, 6.45) is 1.41. The number of rotatable bonds is 6. The fourth-order valence-electron chi connectivity index (χ4n) is 4.04. The Hall–Kier alpha value is -3.13. The number of likely N-dealkylation sites (tertiary alicyclic amines) is 1. The fraction of sp³-hybridized carbons (Fsp3) is 0.462. The smallest absolute Gasteiger partial charge is 0.338 e. The molecule has 0 radical (unpaired) electrons. The van der Waals surface area contributed by atoms with E-state index in [-0.39, 0.29) is 22.8 Å². The first-order valence-corrected chi connectivity index (χ1v) is 11.3. The first-order chi connectivity index (χ1) is 16.0. The number of hydrogen-bond acceptors (Lipinski definition) is 6. The standard InChI is InChI=1S/C26H30FNO6/c1-25(2,3)34-24(30)16-11-21(19-14-26(4,15-31-5)33-22(19)12-16)32-17-7-8-18(20(27)13-17)23(29)28-9-6-10-28/h7-8,11-13H,6,9-10,14-15H2,1-5H3. The van der Waals surface area contributed by atoms with Crippen molar-refractivity contribution in [3.05, 3.63) is 52.8 Å². The van der Waals surface area contributed by atoms with Gasteiger partial charge in [-0.1, -0.05) is 0 Å². The number of hydrogen-bond donors (Lipinski definition) is 0. The minimum Gasteiger partial charge on any atom is -0.484 e. The van der Waals surface area contributed by atoms with Crippen molar-refractivity contribution in [2.24, 2.45) is 0 Å². The SMILES string of the molecule is COCC1(C)Cc2c(Oc3ccc(C(=O)N4CCC4)c(F)c3)cc(C(=O)OC(C)(C)C)cc2O1. The molecule has 7 nitrogen and oxygen atoms in total. The van der Waals surface area contributed by atoms with Crippen LogP contribution in [0.5, 0.6) is 17.2 Å². The van der Waals surface area contributed by atoms with Crippen molar-refractivity contribution >= 4 is 11.9 Å². The average Bonchev–Trinajstić information content (AvgIpc) is 3.02. The highest BCUT2D eigenvalue weighted by molar-refractivity contribution is 5.95. The predicted molar refractivity (Wildman–Crippen MR) is 123 cm³/mol. The van der Waals surface area contributed by atoms with Crippen molar-refractivity contribution in [2.45, 2.75) is 51.7 Å². The quantitative estimate of drug-likeness (QED) is 0.566. The molecule has 4 rings (SSSR count). The van der Waals surface area contributed by atoms with Crippen LogP contribution in [0.4, 0.5) is 4.39 Å². The molecular weight excluding hydrogens is 441 g/mol. The van der Waals surface area contributed by atoms with Gasteiger partial charge in [0.2, 0.25) is 0 Å². The van der Waals surface area contributed by atoms with Gasteiger partial charge in [-0.2, -0.15) is 0 Å². The third-order valence-corrected chi connectivity index (χ3v) is 5.70. The third-order valence-electron chi connectivity index (χ3n) is 5.70. The Labute approximate surface area is 198 Å². The van der Waals surface area contributed by atoms with Gasteiger partial charge in [-0.25, -0.2) is 9.18 Å². The normalized spacial score (nSPS) is 19.2. The molecule has 182 valence electrons. The number of methoxy groups -OCH3 is 1. The van der Waals surface area contributed by atoms with Gasteiger partial charge in [0.1, 0.15) is 34.3 Å². The molecule has 8 heteroatoms. The van der Waals surface area contributed by atoms with Crippen LogP contribution in [0.25, 0.3) is 0 Å². The summed E-state index contributed by atoms with van der Waals surface area (Å²) >= 11 is 0. The summed E-state index contributed by atoms with van der Waals surface area (Å²) in [5.74, 6) is -0.448. The average molecular weight is 472 g/mol. The summed E-state index contributed by atoms with van der Waals surface area (Å²) in [7, 11) is 1.59. The van der Waals surface area contributed by atoms with Crippen LogP contribution in [0, 0.1) is 5.82 Å². The zero-order valence-electron chi connectivity index (χ0n) is 20.2. The molecule has 1 unspecified atom stereocenters. The van der Waals surface area contributed by atoms with Crippen LogP contribution in [0.2, 0.25) is 0 Å². The number of nitrogens with zero attached hydrogens (tertiary/aromatic N) is 1. The molecule has 0 spiro atoms. The van der Waals surface area contributed by atoms with E-state index < -0.39 is 23.0 Å². The molecule has 0 bridgehead atoms. The molecule has 34 heavy (non-hydrogen) atoms. The van der Waals surface area contributed by atoms with Crippen LogP contribution in [0.3, 0.4) is 0 Å². The first-order valence-electron chi connectivity index (χ1n) is 11.3. The number of halogens is 1. The lowest BCUT2D eigenvalue weighted by Gasteiger charge is -2.31. The Bertz CT molecular complexity index is 1120. The Morgan fingerprint density at radius 3 is 2.50 bits per heavy atom. The number of amides is 1. The Kier molecular flexibility index (Phi) is 6.29. The van der Waals surface area contributed by atoms with Crippen LogP contribution in [-0.4, -0.2) is 54.8 Å². The fourth-order valence-corrected chi connectivity index (χ4v) is 4.04. The van der Waals surface area contributed by atoms with Crippen molar-refractivity contribution < 1.29 is 32.9 Å². The summed E-state index contributed by atoms with van der Waals surface area (Å²) in [6, 6.07) is 7.36. The molecule has 2 aromatic carbocycles. The summed E-state index contributed by atoms with van der Waals surface area (Å²) in [4.78, 5) is 26.8. The number of carbonyl (C=O) groups excluding carboxylic acids is 2. The minimum atomic E-state index is -0.676. The molecule has 2 aromatic rings. The Morgan fingerprint density at radius 1 is 1.18 bits per heavy atom. The third kappa shape index (κ3) is 5.01. The summed E-state index contributed by atoms with van der Waals surface area (Å²) in [6.45, 7) is 8.88. The maximum Gasteiger partial charge on any atom is 0.338 e. The van der Waals surface area contributed by atoms with Gasteiger partial charge in [0.15, 0.2) is 0 Å². The lowest BCUT2D eigenvalue weighted by Crippen LogP contribution is -2.42. The second-order valence-electron chi connectivity index (χ2n) is 10.0. The van der Waals surface area contributed by atoms with Crippen LogP contribution < -0.4 is 9.47 Å². The highest BCUT2D eigenvalue weighted by atomic mass is 19.1. The molecule has 2 aliphatic rings. The molecule has 2 aliphatic heterocycles. The van der Waals surface area contributed by atoms with E-state index in [0.29, 0.717) is 37.6 Å². The van der Waals surface area contributed by atoms with E-state index >= 15 is 0 Å². The molecule has 1 amide bonds. The monoisotopic (exact) mass is 471 g/mol. The van der Waals surface area contributed by atoms with Crippen molar-refractivity contribution in [1.29, 1.82) is 0 Å². The maximum absolute atomic E-state index is 14.8. The molecule has 1 fully saturated rings. The summed E-state index contributed by atoms with van der Waals surface area (Å²) in [5, 5.41) is 0. The Morgan fingerprint density at radius 2 is 1.91 bits per heavy atom. The summed E-state index contributed by atoms with van der Waals surface area (Å²) in [5.41, 5.74) is -0.301. The van der Waals surface area contributed by atoms with Gasteiger partial charge in [-0.3, -0.25) is 4.79 Å². The van der Waals surface area contributed by atoms with E-state index in [0.717, 1.165) is 12.0 Å². The topological polar surface area (TPSA) is 74.3 Å². The van der Waals surface area contributed by atoms with E-state index in [1.165, 1.54) is 12.1 Å². The number of fused-ring (bicyclic) bond motifs is 1. The van der Waals surface area contributed by atoms with E-state index in [1.807, 2.05) is 6.92 Å². The van der Waals surface area contributed by atoms with Crippen LogP contribution in [0.15, 0.2) is 30.3 Å². The highest BCUT2D eigenvalue weighted by Gasteiger charge is 2.38. The van der Waals surface area contributed by atoms with Crippen LogP contribution in [-0.2, 0) is 15.9 Å². The second-order valence-corrected chi connectivity index (χ2v) is 10.0. The van der Waals surface area contributed by atoms with Crippen LogP contribution >= 0.6 is 0 Å². The van der Waals surface area contributed by atoms with Gasteiger partial charge < -0.3 is 23.8 Å². The van der Waals surface area contributed by atoms with Crippen molar-refractivity contribution in [1.82, 2.24) is 4.90 Å². The predicted octanol–water partition coefficient (Wildman–Crippen LogP) is 4.76. The molecule has 2 heterocycles. The second kappa shape index (κ2) is 8.91. The number of ether oxygens (including phenoxy) is 4. The molecular formula is C26H30FNO6. The van der Waals surface area contributed by atoms with Crippen molar-refractivity contribution in [3.63, 3.8) is 0 Å². The van der Waals surface area contributed by atoms with Gasteiger partial charge >= 0.3 is 5.97 Å². The lowest BCUT2D eigenvalue weighted by molar-refractivity contribution is 0.00655. The zero-order valence-corrected chi connectivity index (χ0v) is 20.2. The van der Waals surface area contributed by atoms with Gasteiger partial charge in [-0.15, -0.1) is 0 Å². The molecule has 0 N–H and O–H groups in total. The van der Waals surface area contributed by atoms with E-state index in [2.05, 4.69) is 0 Å². The Balaban J connectivity index is 1.66. The van der Waals surface area contributed by atoms with Gasteiger partial charge in [0.05, 0.1) is 17.7 Å². The maximum atomic E-state index is 14.8. The van der Waals surface area contributed by atoms with E-state index in [1.54, 1.807) is 51.0 Å². The van der Waals surface area contributed by atoms with Gasteiger partial charge in [0.25, 0.3) is 5.91 Å². The van der Waals surface area contributed by atoms with E-state index in [9.17, 15) is 14.0 Å². The summed E-state index contributed by atoms with van der Waals surface area (Å²) < 4.78 is 37.7. The highest BCUT2D eigenvalue weighted by Crippen LogP contribution is 2.43. The first kappa shape index (κ1) is 24.0. The van der Waals surface area contributed by atoms with E-state index in [4.69, 9.17) is 18.9 Å². The molecule has 1 saturated heterocycles.